The van der Waals surface area contributed by atoms with Crippen molar-refractivity contribution in [3.63, 3.8) is 0 Å². The lowest BCUT2D eigenvalue weighted by atomic mass is 9.94. The van der Waals surface area contributed by atoms with E-state index in [0.29, 0.717) is 18.5 Å². The van der Waals surface area contributed by atoms with Crippen LogP contribution in [0.3, 0.4) is 0 Å². The van der Waals surface area contributed by atoms with Crippen molar-refractivity contribution in [2.75, 3.05) is 26.7 Å². The van der Waals surface area contributed by atoms with E-state index in [1.165, 1.54) is 0 Å². The molecule has 23 heavy (non-hydrogen) atoms. The molecule has 1 aromatic rings. The highest BCUT2D eigenvalue weighted by Crippen LogP contribution is 2.22. The van der Waals surface area contributed by atoms with Crippen LogP contribution in [0.15, 0.2) is 15.6 Å². The lowest BCUT2D eigenvalue weighted by molar-refractivity contribution is 0.237. The zero-order valence-corrected chi connectivity index (χ0v) is 15.7. The summed E-state index contributed by atoms with van der Waals surface area (Å²) in [7, 11) is 1.77. The van der Waals surface area contributed by atoms with E-state index in [9.17, 15) is 0 Å². The Labute approximate surface area is 140 Å². The standard InChI is InChI=1S/C17H33N5O/c1-8-22(13(2)3)10-9-19-16(18-7)21-12-15-20-11-14(23-15)17(4,5)6/h11,13H,8-10,12H2,1-7H3,(H2,18,19,21). The first kappa shape index (κ1) is 19.5. The van der Waals surface area contributed by atoms with Crippen molar-refractivity contribution in [3.8, 4) is 0 Å². The van der Waals surface area contributed by atoms with Gasteiger partial charge in [0, 0.05) is 31.6 Å². The SMILES string of the molecule is CCN(CCNC(=NC)NCc1ncc(C(C)(C)C)o1)C(C)C. The monoisotopic (exact) mass is 323 g/mol. The molecule has 2 N–H and O–H groups in total. The van der Waals surface area contributed by atoms with Gasteiger partial charge >= 0.3 is 0 Å². The van der Waals surface area contributed by atoms with Gasteiger partial charge in [0.25, 0.3) is 0 Å². The van der Waals surface area contributed by atoms with E-state index in [1.807, 2.05) is 0 Å². The Bertz CT molecular complexity index is 487. The second kappa shape index (κ2) is 8.91. The Hall–Kier alpha value is -1.56. The van der Waals surface area contributed by atoms with Gasteiger partial charge in [-0.1, -0.05) is 27.7 Å². The van der Waals surface area contributed by atoms with Crippen molar-refractivity contribution >= 4 is 5.96 Å². The van der Waals surface area contributed by atoms with Crippen molar-refractivity contribution in [1.29, 1.82) is 0 Å². The second-order valence-corrected chi connectivity index (χ2v) is 6.94. The maximum Gasteiger partial charge on any atom is 0.213 e. The molecular weight excluding hydrogens is 290 g/mol. The van der Waals surface area contributed by atoms with E-state index >= 15 is 0 Å². The predicted molar refractivity (Wildman–Crippen MR) is 95.8 cm³/mol. The van der Waals surface area contributed by atoms with Crippen LogP contribution in [0.4, 0.5) is 0 Å². The molecule has 0 aliphatic rings. The summed E-state index contributed by atoms with van der Waals surface area (Å²) in [5.74, 6) is 2.34. The summed E-state index contributed by atoms with van der Waals surface area (Å²) in [5.41, 5.74) is -0.0222. The van der Waals surface area contributed by atoms with E-state index in [-0.39, 0.29) is 5.41 Å². The number of likely N-dealkylation sites (N-methyl/N-ethyl adjacent to an activating group) is 1. The Morgan fingerprint density at radius 2 is 2.04 bits per heavy atom. The molecule has 1 rings (SSSR count). The molecular formula is C17H33N5O. The summed E-state index contributed by atoms with van der Waals surface area (Å²) >= 11 is 0. The molecule has 0 atom stereocenters. The molecule has 0 fully saturated rings. The Kier molecular flexibility index (Phi) is 7.55. The van der Waals surface area contributed by atoms with Crippen LogP contribution in [0, 0.1) is 0 Å². The molecule has 6 nitrogen and oxygen atoms in total. The molecule has 0 spiro atoms. The predicted octanol–water partition coefficient (Wildman–Crippen LogP) is 2.37. The van der Waals surface area contributed by atoms with Crippen LogP contribution in [-0.2, 0) is 12.0 Å². The highest BCUT2D eigenvalue weighted by molar-refractivity contribution is 5.79. The fraction of sp³-hybridized carbons (Fsp3) is 0.765. The summed E-state index contributed by atoms with van der Waals surface area (Å²) in [4.78, 5) is 11.0. The Morgan fingerprint density at radius 1 is 1.35 bits per heavy atom. The lowest BCUT2D eigenvalue weighted by Crippen LogP contribution is -2.42. The molecule has 0 bridgehead atoms. The van der Waals surface area contributed by atoms with Crippen molar-refractivity contribution in [2.45, 2.75) is 59.5 Å². The second-order valence-electron chi connectivity index (χ2n) is 6.94. The molecule has 132 valence electrons. The number of nitrogens with one attached hydrogen (secondary N) is 2. The van der Waals surface area contributed by atoms with E-state index in [1.54, 1.807) is 13.2 Å². The minimum Gasteiger partial charge on any atom is -0.443 e. The van der Waals surface area contributed by atoms with E-state index in [2.05, 4.69) is 67.1 Å². The first-order valence-corrected chi connectivity index (χ1v) is 8.41. The summed E-state index contributed by atoms with van der Waals surface area (Å²) in [6.45, 7) is 16.4. The van der Waals surface area contributed by atoms with Crippen molar-refractivity contribution < 1.29 is 4.42 Å². The summed E-state index contributed by atoms with van der Waals surface area (Å²) in [5, 5.41) is 6.56. The van der Waals surface area contributed by atoms with Crippen molar-refractivity contribution in [2.24, 2.45) is 4.99 Å². The van der Waals surface area contributed by atoms with Crippen molar-refractivity contribution in [1.82, 2.24) is 20.5 Å². The van der Waals surface area contributed by atoms with Crippen LogP contribution in [-0.4, -0.2) is 48.6 Å². The molecule has 0 aromatic carbocycles. The average Bonchev–Trinajstić information content (AvgIpc) is 2.95. The smallest absolute Gasteiger partial charge is 0.213 e. The Morgan fingerprint density at radius 3 is 2.52 bits per heavy atom. The van der Waals surface area contributed by atoms with Gasteiger partial charge in [-0.3, -0.25) is 9.89 Å². The van der Waals surface area contributed by atoms with Crippen molar-refractivity contribution in [3.05, 3.63) is 17.8 Å². The third kappa shape index (κ3) is 6.60. The Balaban J connectivity index is 2.41. The van der Waals surface area contributed by atoms with Gasteiger partial charge in [-0.2, -0.15) is 0 Å². The minimum absolute atomic E-state index is 0.0222. The number of aliphatic imine (C=N–C) groups is 1. The van der Waals surface area contributed by atoms with Gasteiger partial charge < -0.3 is 15.1 Å². The highest BCUT2D eigenvalue weighted by Gasteiger charge is 2.19. The van der Waals surface area contributed by atoms with Gasteiger partial charge in [0.15, 0.2) is 5.96 Å². The third-order valence-corrected chi connectivity index (χ3v) is 3.75. The maximum absolute atomic E-state index is 5.77. The topological polar surface area (TPSA) is 65.7 Å². The van der Waals surface area contributed by atoms with Crippen LogP contribution < -0.4 is 10.6 Å². The molecule has 0 radical (unpaired) electrons. The van der Waals surface area contributed by atoms with Crippen LogP contribution in [0.2, 0.25) is 0 Å². The minimum atomic E-state index is -0.0222. The van der Waals surface area contributed by atoms with Gasteiger partial charge in [0.1, 0.15) is 5.76 Å². The van der Waals surface area contributed by atoms with E-state index in [0.717, 1.165) is 31.4 Å². The number of nitrogens with zero attached hydrogens (tertiary/aromatic N) is 3. The average molecular weight is 323 g/mol. The van der Waals surface area contributed by atoms with Gasteiger partial charge in [-0.05, 0) is 20.4 Å². The first-order chi connectivity index (χ1) is 10.8. The fourth-order valence-corrected chi connectivity index (χ4v) is 2.22. The number of hydrogen-bond donors (Lipinski definition) is 2. The molecule has 0 unspecified atom stereocenters. The van der Waals surface area contributed by atoms with Gasteiger partial charge in [0.05, 0.1) is 12.7 Å². The molecule has 0 saturated heterocycles. The number of oxazole rings is 1. The highest BCUT2D eigenvalue weighted by atomic mass is 16.4. The van der Waals surface area contributed by atoms with Crippen LogP contribution in [0.1, 0.15) is 53.2 Å². The van der Waals surface area contributed by atoms with Gasteiger partial charge in [-0.15, -0.1) is 0 Å². The third-order valence-electron chi connectivity index (χ3n) is 3.75. The fourth-order valence-electron chi connectivity index (χ4n) is 2.22. The molecule has 6 heteroatoms. The normalized spacial score (nSPS) is 13.0. The molecule has 0 saturated carbocycles. The maximum atomic E-state index is 5.77. The largest absolute Gasteiger partial charge is 0.443 e. The van der Waals surface area contributed by atoms with Crippen LogP contribution in [0.25, 0.3) is 0 Å². The number of guanidine groups is 1. The lowest BCUT2D eigenvalue weighted by Gasteiger charge is -2.25. The summed E-state index contributed by atoms with van der Waals surface area (Å²) in [6, 6.07) is 0.555. The summed E-state index contributed by atoms with van der Waals surface area (Å²) in [6.07, 6.45) is 1.80. The van der Waals surface area contributed by atoms with Gasteiger partial charge in [-0.25, -0.2) is 4.98 Å². The zero-order chi connectivity index (χ0) is 17.5. The van der Waals surface area contributed by atoms with E-state index in [4.69, 9.17) is 4.42 Å². The number of hydrogen-bond acceptors (Lipinski definition) is 4. The number of rotatable bonds is 7. The van der Waals surface area contributed by atoms with E-state index < -0.39 is 0 Å². The molecule has 0 aliphatic heterocycles. The molecule has 1 heterocycles. The molecule has 1 aromatic heterocycles. The first-order valence-electron chi connectivity index (χ1n) is 8.41. The summed E-state index contributed by atoms with van der Waals surface area (Å²) < 4.78 is 5.77. The number of aromatic nitrogens is 1. The zero-order valence-electron chi connectivity index (χ0n) is 15.7. The quantitative estimate of drug-likeness (QED) is 0.596. The van der Waals surface area contributed by atoms with Crippen LogP contribution in [0.5, 0.6) is 0 Å². The van der Waals surface area contributed by atoms with Crippen LogP contribution >= 0.6 is 0 Å². The molecule has 0 aliphatic carbocycles. The molecule has 0 amide bonds. The van der Waals surface area contributed by atoms with Gasteiger partial charge in [0.2, 0.25) is 5.89 Å².